The summed E-state index contributed by atoms with van der Waals surface area (Å²) in [6.45, 7) is 10.7. The van der Waals surface area contributed by atoms with Crippen molar-refractivity contribution in [2.75, 3.05) is 0 Å². The average molecular weight is 275 g/mol. The maximum atomic E-state index is 8.34. The molecule has 0 saturated carbocycles. The molecule has 0 aliphatic heterocycles. The first kappa shape index (κ1) is 16.0. The molecule has 0 spiro atoms. The number of benzene rings is 1. The maximum absolute atomic E-state index is 8.34. The van der Waals surface area contributed by atoms with Gasteiger partial charge >= 0.3 is 0 Å². The van der Waals surface area contributed by atoms with Gasteiger partial charge in [0.15, 0.2) is 0 Å². The zero-order chi connectivity index (χ0) is 14.3. The number of hydrogen-bond acceptors (Lipinski definition) is 2. The minimum Gasteiger partial charge on any atom is -0.298 e. The van der Waals surface area contributed by atoms with Crippen LogP contribution in [0.2, 0.25) is 0 Å². The van der Waals surface area contributed by atoms with Gasteiger partial charge in [-0.1, -0.05) is 75.9 Å². The predicted octanol–water partition coefficient (Wildman–Crippen LogP) is 5.67. The van der Waals surface area contributed by atoms with Crippen LogP contribution in [0.3, 0.4) is 0 Å². The van der Waals surface area contributed by atoms with Crippen LogP contribution in [-0.4, -0.2) is 5.04 Å². The number of hydrogen-bond donors (Lipinski definition) is 1. The first-order valence-corrected chi connectivity index (χ1v) is 7.82. The van der Waals surface area contributed by atoms with Gasteiger partial charge in [0.1, 0.15) is 0 Å². The molecule has 0 saturated heterocycles. The van der Waals surface area contributed by atoms with E-state index in [1.165, 1.54) is 5.56 Å². The molecular weight excluding hydrogens is 250 g/mol. The summed E-state index contributed by atoms with van der Waals surface area (Å²) in [5.41, 5.74) is 1.28. The topological polar surface area (TPSA) is 23.9 Å². The fraction of sp³-hybridized carbons (Fsp3) is 0.471. The second-order valence-electron chi connectivity index (χ2n) is 5.30. The fourth-order valence-corrected chi connectivity index (χ4v) is 3.15. The zero-order valence-corrected chi connectivity index (χ0v) is 13.1. The van der Waals surface area contributed by atoms with Crippen molar-refractivity contribution in [2.24, 2.45) is 5.41 Å². The lowest BCUT2D eigenvalue weighted by Crippen LogP contribution is -2.23. The Morgan fingerprint density at radius 1 is 1.26 bits per heavy atom. The molecule has 1 nitrogen and oxygen atoms in total. The largest absolute Gasteiger partial charge is 0.298 e. The summed E-state index contributed by atoms with van der Waals surface area (Å²) in [7, 11) is 0. The van der Waals surface area contributed by atoms with Crippen molar-refractivity contribution in [1.82, 2.24) is 0 Å². The average Bonchev–Trinajstić information content (AvgIpc) is 2.39. The molecule has 0 aliphatic carbocycles. The molecule has 0 amide bonds. The number of allylic oxidation sites excluding steroid dienone is 1. The van der Waals surface area contributed by atoms with Crippen molar-refractivity contribution in [3.63, 3.8) is 0 Å². The molecule has 1 aromatic carbocycles. The van der Waals surface area contributed by atoms with Gasteiger partial charge in [0, 0.05) is 11.8 Å². The Morgan fingerprint density at radius 3 is 2.42 bits per heavy atom. The monoisotopic (exact) mass is 275 g/mol. The lowest BCUT2D eigenvalue weighted by atomic mass is 9.84. The second kappa shape index (κ2) is 7.54. The SMILES string of the molecule is C=C(Cc1ccccc1)SC(=N)C(C)(CC)CCC. The van der Waals surface area contributed by atoms with Crippen LogP contribution in [0.4, 0.5) is 0 Å². The summed E-state index contributed by atoms with van der Waals surface area (Å²) >= 11 is 1.55. The van der Waals surface area contributed by atoms with E-state index in [2.05, 4.69) is 39.5 Å². The van der Waals surface area contributed by atoms with Gasteiger partial charge in [-0.2, -0.15) is 0 Å². The highest BCUT2D eigenvalue weighted by molar-refractivity contribution is 8.17. The normalized spacial score (nSPS) is 13.8. The van der Waals surface area contributed by atoms with Crippen molar-refractivity contribution < 1.29 is 0 Å². The highest BCUT2D eigenvalue weighted by Crippen LogP contribution is 2.36. The summed E-state index contributed by atoms with van der Waals surface area (Å²) in [5, 5.41) is 9.11. The van der Waals surface area contributed by atoms with E-state index in [0.29, 0.717) is 0 Å². The summed E-state index contributed by atoms with van der Waals surface area (Å²) in [6, 6.07) is 10.3. The lowest BCUT2D eigenvalue weighted by molar-refractivity contribution is 0.412. The molecular formula is C17H25NS. The van der Waals surface area contributed by atoms with E-state index in [0.717, 1.165) is 35.6 Å². The molecule has 0 heterocycles. The molecule has 1 rings (SSSR count). The number of nitrogens with one attached hydrogen (secondary N) is 1. The predicted molar refractivity (Wildman–Crippen MR) is 87.9 cm³/mol. The molecule has 1 N–H and O–H groups in total. The van der Waals surface area contributed by atoms with Gasteiger partial charge in [0.05, 0.1) is 5.04 Å². The van der Waals surface area contributed by atoms with Crippen LogP contribution in [0.25, 0.3) is 0 Å². The van der Waals surface area contributed by atoms with Crippen LogP contribution >= 0.6 is 11.8 Å². The van der Waals surface area contributed by atoms with Crippen molar-refractivity contribution in [2.45, 2.75) is 46.5 Å². The Kier molecular flexibility index (Phi) is 6.36. The van der Waals surface area contributed by atoms with Crippen LogP contribution in [0.5, 0.6) is 0 Å². The molecule has 2 heteroatoms. The van der Waals surface area contributed by atoms with Crippen LogP contribution in [0, 0.1) is 10.8 Å². The van der Waals surface area contributed by atoms with Crippen LogP contribution in [0.1, 0.15) is 45.6 Å². The molecule has 1 aromatic rings. The van der Waals surface area contributed by atoms with Crippen molar-refractivity contribution in [3.8, 4) is 0 Å². The quantitative estimate of drug-likeness (QED) is 0.503. The summed E-state index contributed by atoms with van der Waals surface area (Å²) < 4.78 is 0. The third-order valence-electron chi connectivity index (χ3n) is 3.62. The Balaban J connectivity index is 2.59. The summed E-state index contributed by atoms with van der Waals surface area (Å²) in [4.78, 5) is 1.06. The minimum absolute atomic E-state index is 0.0129. The molecule has 104 valence electrons. The Morgan fingerprint density at radius 2 is 1.89 bits per heavy atom. The molecule has 0 aromatic heterocycles. The highest BCUT2D eigenvalue weighted by atomic mass is 32.2. The molecule has 0 aliphatic rings. The van der Waals surface area contributed by atoms with E-state index < -0.39 is 0 Å². The van der Waals surface area contributed by atoms with Crippen LogP contribution in [0.15, 0.2) is 41.8 Å². The van der Waals surface area contributed by atoms with E-state index in [4.69, 9.17) is 5.41 Å². The van der Waals surface area contributed by atoms with Gasteiger partial charge in [-0.3, -0.25) is 5.41 Å². The molecule has 1 atom stereocenters. The van der Waals surface area contributed by atoms with Gasteiger partial charge in [-0.25, -0.2) is 0 Å². The van der Waals surface area contributed by atoms with E-state index in [-0.39, 0.29) is 5.41 Å². The number of rotatable bonds is 7. The zero-order valence-electron chi connectivity index (χ0n) is 12.3. The fourth-order valence-electron chi connectivity index (χ4n) is 2.13. The first-order chi connectivity index (χ1) is 9.01. The highest BCUT2D eigenvalue weighted by Gasteiger charge is 2.27. The Bertz CT molecular complexity index is 424. The van der Waals surface area contributed by atoms with Gasteiger partial charge in [-0.05, 0) is 23.3 Å². The molecule has 0 bridgehead atoms. The Hall–Kier alpha value is -1.02. The van der Waals surface area contributed by atoms with Gasteiger partial charge in [0.2, 0.25) is 0 Å². The Labute approximate surface area is 122 Å². The second-order valence-corrected chi connectivity index (χ2v) is 6.49. The first-order valence-electron chi connectivity index (χ1n) is 7.00. The van der Waals surface area contributed by atoms with Gasteiger partial charge in [0.25, 0.3) is 0 Å². The third kappa shape index (κ3) is 4.87. The van der Waals surface area contributed by atoms with Crippen LogP contribution < -0.4 is 0 Å². The van der Waals surface area contributed by atoms with Gasteiger partial charge < -0.3 is 0 Å². The molecule has 1 unspecified atom stereocenters. The van der Waals surface area contributed by atoms with E-state index in [1.807, 2.05) is 18.2 Å². The van der Waals surface area contributed by atoms with E-state index in [1.54, 1.807) is 11.8 Å². The molecule has 0 fully saturated rings. The van der Waals surface area contributed by atoms with Gasteiger partial charge in [-0.15, -0.1) is 0 Å². The molecule has 19 heavy (non-hydrogen) atoms. The van der Waals surface area contributed by atoms with Crippen molar-refractivity contribution in [3.05, 3.63) is 47.4 Å². The number of thioether (sulfide) groups is 1. The van der Waals surface area contributed by atoms with E-state index in [9.17, 15) is 0 Å². The summed E-state index contributed by atoms with van der Waals surface area (Å²) in [5.74, 6) is 0. The minimum atomic E-state index is 0.0129. The summed E-state index contributed by atoms with van der Waals surface area (Å²) in [6.07, 6.45) is 4.07. The standard InChI is InChI=1S/C17H25NS/c1-5-12-17(4,6-2)16(18)19-14(3)13-15-10-8-7-9-11-15/h7-11,18H,3,5-6,12-13H2,1-2,4H3. The molecule has 0 radical (unpaired) electrons. The third-order valence-corrected chi connectivity index (χ3v) is 4.75. The van der Waals surface area contributed by atoms with Crippen molar-refractivity contribution in [1.29, 1.82) is 5.41 Å². The van der Waals surface area contributed by atoms with E-state index >= 15 is 0 Å². The smallest absolute Gasteiger partial charge is 0.0744 e. The lowest BCUT2D eigenvalue weighted by Gasteiger charge is -2.28. The van der Waals surface area contributed by atoms with Crippen LogP contribution in [-0.2, 0) is 6.42 Å². The van der Waals surface area contributed by atoms with Crippen molar-refractivity contribution >= 4 is 16.8 Å². The maximum Gasteiger partial charge on any atom is 0.0744 e.